The molecule has 1 N–H and O–H groups in total. The van der Waals surface area contributed by atoms with Crippen LogP contribution in [0.25, 0.3) is 0 Å². The van der Waals surface area contributed by atoms with Crippen molar-refractivity contribution in [1.29, 1.82) is 0 Å². The first-order valence-corrected chi connectivity index (χ1v) is 5.96. The highest BCUT2D eigenvalue weighted by Crippen LogP contribution is 2.04. The molecule has 0 saturated carbocycles. The van der Waals surface area contributed by atoms with Gasteiger partial charge in [-0.1, -0.05) is 43.9 Å². The van der Waals surface area contributed by atoms with Gasteiger partial charge >= 0.3 is 5.97 Å². The molecule has 2 atom stereocenters. The van der Waals surface area contributed by atoms with Gasteiger partial charge in [-0.05, 0) is 25.0 Å². The maximum Gasteiger partial charge on any atom is 0.339 e. The maximum absolute atomic E-state index is 11.7. The lowest BCUT2D eigenvalue weighted by molar-refractivity contribution is 0.0437. The highest BCUT2D eigenvalue weighted by atomic mass is 16.5. The molecule has 1 aromatic rings. The van der Waals surface area contributed by atoms with E-state index in [0.29, 0.717) is 5.56 Å². The van der Waals surface area contributed by atoms with E-state index in [4.69, 9.17) is 4.74 Å². The lowest BCUT2D eigenvalue weighted by atomic mass is 10.1. The number of hydrogen-bond donors (Lipinski definition) is 1. The molecule has 96 valence electrons. The average molecular weight is 246 g/mol. The first-order chi connectivity index (χ1) is 8.50. The third kappa shape index (κ3) is 4.60. The Morgan fingerprint density at radius 2 is 1.78 bits per heavy atom. The molecular formula is C15H18O3. The Hall–Kier alpha value is -1.79. The zero-order chi connectivity index (χ0) is 13.5. The second-order valence-corrected chi connectivity index (χ2v) is 4.39. The molecule has 0 heterocycles. The van der Waals surface area contributed by atoms with Crippen molar-refractivity contribution >= 4 is 5.97 Å². The summed E-state index contributed by atoms with van der Waals surface area (Å²) < 4.78 is 5.14. The number of carbonyl (C=O) groups is 1. The first kappa shape index (κ1) is 14.3. The molecule has 0 aliphatic rings. The standard InChI is InChI=1S/C15H18O3/c1-11(2)14(16)10-9-12(3)18-15(17)13-7-5-4-6-8-13/h4-8,11-12,14,16H,1-3H3. The van der Waals surface area contributed by atoms with Crippen LogP contribution in [0.4, 0.5) is 0 Å². The van der Waals surface area contributed by atoms with E-state index in [1.165, 1.54) is 0 Å². The summed E-state index contributed by atoms with van der Waals surface area (Å²) in [6, 6.07) is 8.75. The average Bonchev–Trinajstić information content (AvgIpc) is 2.36. The van der Waals surface area contributed by atoms with E-state index >= 15 is 0 Å². The van der Waals surface area contributed by atoms with Crippen LogP contribution >= 0.6 is 0 Å². The van der Waals surface area contributed by atoms with Crippen LogP contribution in [-0.2, 0) is 4.74 Å². The van der Waals surface area contributed by atoms with Crippen molar-refractivity contribution in [1.82, 2.24) is 0 Å². The van der Waals surface area contributed by atoms with Crippen LogP contribution in [0.5, 0.6) is 0 Å². The van der Waals surface area contributed by atoms with Crippen molar-refractivity contribution in [2.45, 2.75) is 33.0 Å². The fraction of sp³-hybridized carbons (Fsp3) is 0.400. The molecule has 3 nitrogen and oxygen atoms in total. The first-order valence-electron chi connectivity index (χ1n) is 5.96. The molecule has 0 aliphatic heterocycles. The molecule has 0 bridgehead atoms. The molecular weight excluding hydrogens is 228 g/mol. The van der Waals surface area contributed by atoms with E-state index in [1.54, 1.807) is 31.2 Å². The Morgan fingerprint density at radius 1 is 1.17 bits per heavy atom. The van der Waals surface area contributed by atoms with Crippen LogP contribution in [0.3, 0.4) is 0 Å². The van der Waals surface area contributed by atoms with Crippen molar-refractivity contribution in [3.8, 4) is 11.8 Å². The van der Waals surface area contributed by atoms with Gasteiger partial charge in [-0.3, -0.25) is 0 Å². The summed E-state index contributed by atoms with van der Waals surface area (Å²) in [5.74, 6) is 5.05. The predicted molar refractivity (Wildman–Crippen MR) is 69.9 cm³/mol. The van der Waals surface area contributed by atoms with Crippen molar-refractivity contribution in [3.63, 3.8) is 0 Å². The van der Waals surface area contributed by atoms with Crippen molar-refractivity contribution in [2.24, 2.45) is 5.92 Å². The molecule has 18 heavy (non-hydrogen) atoms. The van der Waals surface area contributed by atoms with Gasteiger partial charge in [0.15, 0.2) is 6.10 Å². The molecule has 3 heteroatoms. The fourth-order valence-corrected chi connectivity index (χ4v) is 1.20. The predicted octanol–water partition coefficient (Wildman–Crippen LogP) is 2.25. The van der Waals surface area contributed by atoms with Gasteiger partial charge in [-0.25, -0.2) is 4.79 Å². The second-order valence-electron chi connectivity index (χ2n) is 4.39. The zero-order valence-corrected chi connectivity index (χ0v) is 10.9. The fourth-order valence-electron chi connectivity index (χ4n) is 1.20. The minimum atomic E-state index is -0.692. The van der Waals surface area contributed by atoms with E-state index < -0.39 is 18.2 Å². The van der Waals surface area contributed by atoms with Gasteiger partial charge in [0.25, 0.3) is 0 Å². The Kier molecular flexibility index (Phi) is 5.41. The largest absolute Gasteiger partial charge is 0.446 e. The third-order valence-electron chi connectivity index (χ3n) is 2.36. The second kappa shape index (κ2) is 6.83. The van der Waals surface area contributed by atoms with Crippen LogP contribution < -0.4 is 0 Å². The monoisotopic (exact) mass is 246 g/mol. The Bertz CT molecular complexity index is 440. The summed E-state index contributed by atoms with van der Waals surface area (Å²) in [7, 11) is 0. The molecule has 0 fully saturated rings. The van der Waals surface area contributed by atoms with Crippen LogP contribution in [-0.4, -0.2) is 23.3 Å². The minimum absolute atomic E-state index is 0.0644. The molecule has 0 aromatic heterocycles. The number of aliphatic hydroxyl groups excluding tert-OH is 1. The summed E-state index contributed by atoms with van der Waals surface area (Å²) in [5.41, 5.74) is 0.496. The summed E-state index contributed by atoms with van der Waals surface area (Å²) >= 11 is 0. The normalized spacial score (nSPS) is 13.4. The summed E-state index contributed by atoms with van der Waals surface area (Å²) in [6.07, 6.45) is -1.23. The summed E-state index contributed by atoms with van der Waals surface area (Å²) in [5, 5.41) is 9.51. The Balaban J connectivity index is 2.55. The van der Waals surface area contributed by atoms with E-state index in [1.807, 2.05) is 19.9 Å². The van der Waals surface area contributed by atoms with Gasteiger partial charge < -0.3 is 9.84 Å². The lowest BCUT2D eigenvalue weighted by Gasteiger charge is -2.09. The quantitative estimate of drug-likeness (QED) is 0.657. The SMILES string of the molecule is CC(C#CC(O)C(C)C)OC(=O)c1ccccc1. The highest BCUT2D eigenvalue weighted by Gasteiger charge is 2.10. The van der Waals surface area contributed by atoms with E-state index in [-0.39, 0.29) is 5.92 Å². The third-order valence-corrected chi connectivity index (χ3v) is 2.36. The van der Waals surface area contributed by atoms with Crippen LogP contribution in [0.1, 0.15) is 31.1 Å². The number of esters is 1. The van der Waals surface area contributed by atoms with Crippen molar-refractivity contribution < 1.29 is 14.6 Å². The van der Waals surface area contributed by atoms with Crippen LogP contribution in [0.2, 0.25) is 0 Å². The number of hydrogen-bond acceptors (Lipinski definition) is 3. The van der Waals surface area contributed by atoms with Gasteiger partial charge in [0.2, 0.25) is 0 Å². The number of aliphatic hydroxyl groups is 1. The Labute approximate surface area is 108 Å². The lowest BCUT2D eigenvalue weighted by Crippen LogP contribution is -2.16. The highest BCUT2D eigenvalue weighted by molar-refractivity contribution is 5.89. The maximum atomic E-state index is 11.7. The van der Waals surface area contributed by atoms with Gasteiger partial charge in [-0.15, -0.1) is 0 Å². The molecule has 2 unspecified atom stereocenters. The topological polar surface area (TPSA) is 46.5 Å². The summed E-state index contributed by atoms with van der Waals surface area (Å²) in [6.45, 7) is 5.43. The molecule has 0 amide bonds. The van der Waals surface area contributed by atoms with Gasteiger partial charge in [-0.2, -0.15) is 0 Å². The summed E-state index contributed by atoms with van der Waals surface area (Å²) in [4.78, 5) is 11.7. The zero-order valence-electron chi connectivity index (χ0n) is 10.9. The number of carbonyl (C=O) groups excluding carboxylic acids is 1. The molecule has 1 aromatic carbocycles. The van der Waals surface area contributed by atoms with Crippen LogP contribution in [0, 0.1) is 17.8 Å². The van der Waals surface area contributed by atoms with E-state index in [0.717, 1.165) is 0 Å². The van der Waals surface area contributed by atoms with Gasteiger partial charge in [0.1, 0.15) is 6.10 Å². The minimum Gasteiger partial charge on any atom is -0.446 e. The van der Waals surface area contributed by atoms with Crippen molar-refractivity contribution in [3.05, 3.63) is 35.9 Å². The van der Waals surface area contributed by atoms with Crippen LogP contribution in [0.15, 0.2) is 30.3 Å². The molecule has 0 radical (unpaired) electrons. The van der Waals surface area contributed by atoms with Crippen molar-refractivity contribution in [2.75, 3.05) is 0 Å². The number of benzene rings is 1. The Morgan fingerprint density at radius 3 is 2.33 bits per heavy atom. The smallest absolute Gasteiger partial charge is 0.339 e. The van der Waals surface area contributed by atoms with Gasteiger partial charge in [0.05, 0.1) is 5.56 Å². The molecule has 0 saturated heterocycles. The van der Waals surface area contributed by atoms with Gasteiger partial charge in [0, 0.05) is 0 Å². The molecule has 0 aliphatic carbocycles. The molecule has 1 rings (SSSR count). The number of rotatable bonds is 3. The molecule has 0 spiro atoms. The van der Waals surface area contributed by atoms with E-state index in [2.05, 4.69) is 11.8 Å². The van der Waals surface area contributed by atoms with E-state index in [9.17, 15) is 9.90 Å². The number of ether oxygens (including phenoxy) is 1.